The average molecular weight is 168 g/mol. The van der Waals surface area contributed by atoms with Crippen LogP contribution in [-0.2, 0) is 6.54 Å². The Bertz CT molecular complexity index is 312. The van der Waals surface area contributed by atoms with Gasteiger partial charge in [-0.2, -0.15) is 0 Å². The highest BCUT2D eigenvalue weighted by Crippen LogP contribution is 2.11. The summed E-state index contributed by atoms with van der Waals surface area (Å²) in [7, 11) is 0. The highest BCUT2D eigenvalue weighted by atomic mass is 19.1. The van der Waals surface area contributed by atoms with E-state index in [4.69, 9.17) is 11.5 Å². The van der Waals surface area contributed by atoms with Gasteiger partial charge in [0.2, 0.25) is 5.91 Å². The molecule has 0 heterocycles. The first-order valence-electron chi connectivity index (χ1n) is 3.44. The number of carbonyl (C=O) groups is 1. The molecule has 0 saturated carbocycles. The molecule has 1 amide bonds. The lowest BCUT2D eigenvalue weighted by atomic mass is 10.1. The first-order chi connectivity index (χ1) is 5.66. The minimum Gasteiger partial charge on any atom is -0.366 e. The SMILES string of the molecule is NCc1c(F)cccc1C(N)=O. The lowest BCUT2D eigenvalue weighted by Gasteiger charge is -2.03. The zero-order valence-electron chi connectivity index (χ0n) is 6.38. The Labute approximate surface area is 69.2 Å². The van der Waals surface area contributed by atoms with Crippen molar-refractivity contribution in [3.63, 3.8) is 0 Å². The van der Waals surface area contributed by atoms with Gasteiger partial charge in [0, 0.05) is 17.7 Å². The minimum atomic E-state index is -0.657. The van der Waals surface area contributed by atoms with Crippen molar-refractivity contribution in [2.45, 2.75) is 6.54 Å². The minimum absolute atomic E-state index is 0.0229. The van der Waals surface area contributed by atoms with Crippen molar-refractivity contribution < 1.29 is 9.18 Å². The Morgan fingerprint density at radius 3 is 2.58 bits per heavy atom. The van der Waals surface area contributed by atoms with Gasteiger partial charge in [-0.05, 0) is 12.1 Å². The summed E-state index contributed by atoms with van der Waals surface area (Å²) in [6.07, 6.45) is 0. The van der Waals surface area contributed by atoms with Crippen LogP contribution >= 0.6 is 0 Å². The second kappa shape index (κ2) is 3.32. The number of hydrogen-bond donors (Lipinski definition) is 2. The van der Waals surface area contributed by atoms with Crippen LogP contribution in [-0.4, -0.2) is 5.91 Å². The molecule has 0 aliphatic rings. The Kier molecular flexibility index (Phi) is 2.40. The number of amides is 1. The molecule has 0 saturated heterocycles. The van der Waals surface area contributed by atoms with Gasteiger partial charge < -0.3 is 11.5 Å². The van der Waals surface area contributed by atoms with Crippen LogP contribution < -0.4 is 11.5 Å². The molecular weight excluding hydrogens is 159 g/mol. The maximum absolute atomic E-state index is 12.9. The third-order valence-electron chi connectivity index (χ3n) is 1.59. The molecule has 4 N–H and O–H groups in total. The molecule has 0 unspecified atom stereocenters. The summed E-state index contributed by atoms with van der Waals surface area (Å²) >= 11 is 0. The first kappa shape index (κ1) is 8.67. The fourth-order valence-electron chi connectivity index (χ4n) is 0.997. The molecule has 0 spiro atoms. The zero-order chi connectivity index (χ0) is 9.14. The third-order valence-corrected chi connectivity index (χ3v) is 1.59. The van der Waals surface area contributed by atoms with E-state index in [1.807, 2.05) is 0 Å². The number of halogens is 1. The van der Waals surface area contributed by atoms with E-state index >= 15 is 0 Å². The highest BCUT2D eigenvalue weighted by molar-refractivity contribution is 5.94. The van der Waals surface area contributed by atoms with Gasteiger partial charge in [-0.3, -0.25) is 4.79 Å². The molecule has 1 aromatic carbocycles. The molecule has 4 heteroatoms. The van der Waals surface area contributed by atoms with Crippen molar-refractivity contribution in [1.82, 2.24) is 0 Å². The molecule has 1 rings (SSSR count). The van der Waals surface area contributed by atoms with Gasteiger partial charge in [-0.25, -0.2) is 4.39 Å². The van der Waals surface area contributed by atoms with Crippen LogP contribution in [0.2, 0.25) is 0 Å². The predicted octanol–water partition coefficient (Wildman–Crippen LogP) is 0.383. The molecule has 3 nitrogen and oxygen atoms in total. The summed E-state index contributed by atoms with van der Waals surface area (Å²) in [6.45, 7) is -0.0229. The molecule has 0 fully saturated rings. The molecule has 0 aromatic heterocycles. The van der Waals surface area contributed by atoms with Crippen LogP contribution in [0, 0.1) is 5.82 Å². The van der Waals surface area contributed by atoms with Crippen LogP contribution in [0.15, 0.2) is 18.2 Å². The lowest BCUT2D eigenvalue weighted by Crippen LogP contribution is -2.16. The van der Waals surface area contributed by atoms with E-state index in [9.17, 15) is 9.18 Å². The number of rotatable bonds is 2. The maximum atomic E-state index is 12.9. The second-order valence-electron chi connectivity index (χ2n) is 2.33. The van der Waals surface area contributed by atoms with Gasteiger partial charge >= 0.3 is 0 Å². The molecule has 0 bridgehead atoms. The van der Waals surface area contributed by atoms with Gasteiger partial charge in [0.15, 0.2) is 0 Å². The highest BCUT2D eigenvalue weighted by Gasteiger charge is 2.09. The quantitative estimate of drug-likeness (QED) is 0.670. The fraction of sp³-hybridized carbons (Fsp3) is 0.125. The van der Waals surface area contributed by atoms with Crippen molar-refractivity contribution in [2.24, 2.45) is 11.5 Å². The van der Waals surface area contributed by atoms with Crippen molar-refractivity contribution >= 4 is 5.91 Å². The number of hydrogen-bond acceptors (Lipinski definition) is 2. The summed E-state index contributed by atoms with van der Waals surface area (Å²) in [5.41, 5.74) is 10.6. The van der Waals surface area contributed by atoms with Crippen molar-refractivity contribution in [3.8, 4) is 0 Å². The van der Waals surface area contributed by atoms with Gasteiger partial charge in [-0.15, -0.1) is 0 Å². The molecule has 0 aliphatic carbocycles. The molecule has 0 radical (unpaired) electrons. The van der Waals surface area contributed by atoms with E-state index in [1.165, 1.54) is 18.2 Å². The maximum Gasteiger partial charge on any atom is 0.249 e. The topological polar surface area (TPSA) is 69.1 Å². The van der Waals surface area contributed by atoms with Crippen LogP contribution in [0.3, 0.4) is 0 Å². The van der Waals surface area contributed by atoms with E-state index in [2.05, 4.69) is 0 Å². The van der Waals surface area contributed by atoms with Crippen LogP contribution in [0.4, 0.5) is 4.39 Å². The number of benzene rings is 1. The molecule has 0 aliphatic heterocycles. The number of carbonyl (C=O) groups excluding carboxylic acids is 1. The Hall–Kier alpha value is -1.42. The summed E-state index contributed by atoms with van der Waals surface area (Å²) in [5.74, 6) is -1.15. The Balaban J connectivity index is 3.27. The normalized spacial score (nSPS) is 9.83. The number of primary amides is 1. The predicted molar refractivity (Wildman–Crippen MR) is 42.8 cm³/mol. The molecule has 0 atom stereocenters. The summed E-state index contributed by atoms with van der Waals surface area (Å²) < 4.78 is 12.9. The summed E-state index contributed by atoms with van der Waals surface area (Å²) in [4.78, 5) is 10.7. The van der Waals surface area contributed by atoms with E-state index in [0.29, 0.717) is 0 Å². The largest absolute Gasteiger partial charge is 0.366 e. The van der Waals surface area contributed by atoms with Crippen LogP contribution in [0.1, 0.15) is 15.9 Å². The Morgan fingerprint density at radius 1 is 1.50 bits per heavy atom. The molecule has 12 heavy (non-hydrogen) atoms. The third kappa shape index (κ3) is 1.43. The van der Waals surface area contributed by atoms with Crippen molar-refractivity contribution in [2.75, 3.05) is 0 Å². The van der Waals surface area contributed by atoms with Crippen molar-refractivity contribution in [3.05, 3.63) is 35.1 Å². The van der Waals surface area contributed by atoms with Gasteiger partial charge in [-0.1, -0.05) is 6.07 Å². The van der Waals surface area contributed by atoms with Gasteiger partial charge in [0.1, 0.15) is 5.82 Å². The van der Waals surface area contributed by atoms with Crippen LogP contribution in [0.5, 0.6) is 0 Å². The molecule has 1 aromatic rings. The van der Waals surface area contributed by atoms with E-state index in [1.54, 1.807) is 0 Å². The van der Waals surface area contributed by atoms with E-state index < -0.39 is 11.7 Å². The average Bonchev–Trinajstić information content (AvgIpc) is 2.03. The molecule has 64 valence electrons. The number of nitrogens with two attached hydrogens (primary N) is 2. The van der Waals surface area contributed by atoms with Crippen LogP contribution in [0.25, 0.3) is 0 Å². The standard InChI is InChI=1S/C8H9FN2O/c9-7-3-1-2-5(8(11)12)6(7)4-10/h1-3H,4,10H2,(H2,11,12). The Morgan fingerprint density at radius 2 is 2.17 bits per heavy atom. The monoisotopic (exact) mass is 168 g/mol. The summed E-state index contributed by atoms with van der Waals surface area (Å²) in [6, 6.07) is 4.12. The van der Waals surface area contributed by atoms with Gasteiger partial charge in [0.05, 0.1) is 0 Å². The van der Waals surface area contributed by atoms with E-state index in [-0.39, 0.29) is 17.7 Å². The zero-order valence-corrected chi connectivity index (χ0v) is 6.38. The van der Waals surface area contributed by atoms with Crippen molar-refractivity contribution in [1.29, 1.82) is 0 Å². The van der Waals surface area contributed by atoms with E-state index in [0.717, 1.165) is 0 Å². The van der Waals surface area contributed by atoms with Gasteiger partial charge in [0.25, 0.3) is 0 Å². The summed E-state index contributed by atoms with van der Waals surface area (Å²) in [5, 5.41) is 0. The molecular formula is C8H9FN2O. The first-order valence-corrected chi connectivity index (χ1v) is 3.44. The second-order valence-corrected chi connectivity index (χ2v) is 2.33. The lowest BCUT2D eigenvalue weighted by molar-refractivity contribution is 0.0999. The fourth-order valence-corrected chi connectivity index (χ4v) is 0.997. The smallest absolute Gasteiger partial charge is 0.249 e.